The van der Waals surface area contributed by atoms with Crippen molar-refractivity contribution in [1.29, 1.82) is 0 Å². The molecule has 1 rings (SSSR count). The molecule has 0 aliphatic heterocycles. The van der Waals surface area contributed by atoms with Crippen LogP contribution in [0.25, 0.3) is 0 Å². The van der Waals surface area contributed by atoms with E-state index in [9.17, 15) is 4.79 Å². The molecule has 0 spiro atoms. The van der Waals surface area contributed by atoms with Crippen LogP contribution in [0.15, 0.2) is 36.9 Å². The van der Waals surface area contributed by atoms with Crippen LogP contribution >= 0.6 is 0 Å². The Bertz CT molecular complexity index is 662. The van der Waals surface area contributed by atoms with Gasteiger partial charge in [-0.15, -0.1) is 0 Å². The Hall–Kier alpha value is -1.34. The molecular weight excluding hydrogens is 368 g/mol. The van der Waals surface area contributed by atoms with E-state index in [2.05, 4.69) is 74.3 Å². The SMILES string of the molecule is C=CC(OC(=O)c1ccc(O[Si](C)(C)C(C)(C)C)cc1)[Si](C)(C)C(C)(C)C. The van der Waals surface area contributed by atoms with Crippen LogP contribution in [-0.4, -0.2) is 28.1 Å². The molecule has 27 heavy (non-hydrogen) atoms. The molecular formula is C22H38O3Si2. The third-order valence-corrected chi connectivity index (χ3v) is 16.4. The maximum absolute atomic E-state index is 12.7. The number of carbonyl (C=O) groups excluding carboxylic acids is 1. The zero-order chi connectivity index (χ0) is 21.3. The average Bonchev–Trinajstić information content (AvgIpc) is 2.50. The molecule has 3 nitrogen and oxygen atoms in total. The van der Waals surface area contributed by atoms with Crippen molar-refractivity contribution in [3.05, 3.63) is 42.5 Å². The standard InChI is InChI=1S/C22H38O3Si2/c1-12-19(26(8,9)21(2,3)4)24-20(23)17-13-15-18(16-14-17)25-27(10,11)22(5,6)7/h12-16,19H,1H2,2-11H3. The molecule has 0 fully saturated rings. The van der Waals surface area contributed by atoms with Crippen LogP contribution in [-0.2, 0) is 4.74 Å². The quantitative estimate of drug-likeness (QED) is 0.295. The maximum atomic E-state index is 12.7. The number of benzene rings is 1. The summed E-state index contributed by atoms with van der Waals surface area (Å²) in [5.74, 6) is 0.506. The maximum Gasteiger partial charge on any atom is 0.338 e. The normalized spacial score (nSPS) is 14.4. The molecule has 1 aromatic rings. The highest BCUT2D eigenvalue weighted by Gasteiger charge is 2.43. The zero-order valence-corrected chi connectivity index (χ0v) is 20.9. The highest BCUT2D eigenvalue weighted by Crippen LogP contribution is 2.40. The molecule has 1 unspecified atom stereocenters. The van der Waals surface area contributed by atoms with E-state index < -0.39 is 16.4 Å². The van der Waals surface area contributed by atoms with Gasteiger partial charge in [0, 0.05) is 0 Å². The second-order valence-corrected chi connectivity index (χ2v) is 20.7. The van der Waals surface area contributed by atoms with Gasteiger partial charge in [-0.1, -0.05) is 67.3 Å². The van der Waals surface area contributed by atoms with Crippen molar-refractivity contribution >= 4 is 22.4 Å². The number of ether oxygens (including phenoxy) is 1. The molecule has 0 saturated heterocycles. The third kappa shape index (κ3) is 5.58. The molecule has 0 aliphatic rings. The van der Waals surface area contributed by atoms with Crippen LogP contribution < -0.4 is 4.43 Å². The summed E-state index contributed by atoms with van der Waals surface area (Å²) in [4.78, 5) is 12.7. The van der Waals surface area contributed by atoms with Crippen LogP contribution in [0.3, 0.4) is 0 Å². The van der Waals surface area contributed by atoms with Crippen molar-refractivity contribution in [2.45, 2.75) is 83.5 Å². The molecule has 0 radical (unpaired) electrons. The molecule has 1 atom stereocenters. The highest BCUT2D eigenvalue weighted by atomic mass is 28.4. The van der Waals surface area contributed by atoms with E-state index in [0.717, 1.165) is 5.75 Å². The summed E-state index contributed by atoms with van der Waals surface area (Å²) in [6.45, 7) is 26.1. The second kappa shape index (κ2) is 7.96. The third-order valence-electron chi connectivity index (χ3n) is 6.36. The van der Waals surface area contributed by atoms with E-state index in [1.54, 1.807) is 18.2 Å². The van der Waals surface area contributed by atoms with E-state index in [1.807, 2.05) is 12.1 Å². The van der Waals surface area contributed by atoms with E-state index >= 15 is 0 Å². The summed E-state index contributed by atoms with van der Waals surface area (Å²) in [5.41, 5.74) is 0.316. The van der Waals surface area contributed by atoms with Crippen molar-refractivity contribution in [3.8, 4) is 5.75 Å². The minimum atomic E-state index is -1.89. The predicted octanol–water partition coefficient (Wildman–Crippen LogP) is 6.83. The van der Waals surface area contributed by atoms with Crippen molar-refractivity contribution in [2.75, 3.05) is 0 Å². The molecule has 1 aromatic carbocycles. The van der Waals surface area contributed by atoms with Gasteiger partial charge in [-0.25, -0.2) is 4.79 Å². The van der Waals surface area contributed by atoms with Gasteiger partial charge in [0.2, 0.25) is 8.32 Å². The van der Waals surface area contributed by atoms with E-state index in [-0.39, 0.29) is 21.8 Å². The molecule has 0 saturated carbocycles. The lowest BCUT2D eigenvalue weighted by Gasteiger charge is -2.41. The van der Waals surface area contributed by atoms with Gasteiger partial charge in [0.1, 0.15) is 19.6 Å². The van der Waals surface area contributed by atoms with Crippen molar-refractivity contribution < 1.29 is 14.0 Å². The van der Waals surface area contributed by atoms with Crippen molar-refractivity contribution in [2.24, 2.45) is 0 Å². The highest BCUT2D eigenvalue weighted by molar-refractivity contribution is 6.81. The number of carbonyl (C=O) groups is 1. The minimum Gasteiger partial charge on any atom is -0.544 e. The summed E-state index contributed by atoms with van der Waals surface area (Å²) in [7, 11) is -3.77. The van der Waals surface area contributed by atoms with Crippen LogP contribution in [0.4, 0.5) is 0 Å². The van der Waals surface area contributed by atoms with Gasteiger partial charge in [0.25, 0.3) is 0 Å². The Morgan fingerprint density at radius 1 is 0.963 bits per heavy atom. The van der Waals surface area contributed by atoms with Crippen LogP contribution in [0.1, 0.15) is 51.9 Å². The molecule has 5 heteroatoms. The van der Waals surface area contributed by atoms with Gasteiger partial charge < -0.3 is 9.16 Å². The smallest absolute Gasteiger partial charge is 0.338 e. The topological polar surface area (TPSA) is 35.5 Å². The first kappa shape index (κ1) is 23.7. The van der Waals surface area contributed by atoms with Gasteiger partial charge in [-0.2, -0.15) is 0 Å². The van der Waals surface area contributed by atoms with Crippen molar-refractivity contribution in [1.82, 2.24) is 0 Å². The lowest BCUT2D eigenvalue weighted by molar-refractivity contribution is 0.0485. The summed E-state index contributed by atoms with van der Waals surface area (Å²) in [6, 6.07) is 7.31. The van der Waals surface area contributed by atoms with Gasteiger partial charge in [0.05, 0.1) is 5.56 Å². The van der Waals surface area contributed by atoms with E-state index in [1.165, 1.54) is 0 Å². The van der Waals surface area contributed by atoms with Crippen molar-refractivity contribution in [3.63, 3.8) is 0 Å². The van der Waals surface area contributed by atoms with E-state index in [0.29, 0.717) is 5.56 Å². The lowest BCUT2D eigenvalue weighted by Crippen LogP contribution is -2.50. The number of hydrogen-bond acceptors (Lipinski definition) is 3. The summed E-state index contributed by atoms with van der Waals surface area (Å²) in [6.07, 6.45) is 1.78. The second-order valence-electron chi connectivity index (χ2n) is 10.4. The van der Waals surface area contributed by atoms with E-state index in [4.69, 9.17) is 9.16 Å². The lowest BCUT2D eigenvalue weighted by atomic mass is 10.2. The molecule has 0 N–H and O–H groups in total. The van der Waals surface area contributed by atoms with Gasteiger partial charge in [-0.05, 0) is 47.4 Å². The zero-order valence-electron chi connectivity index (χ0n) is 18.9. The Kier molecular flexibility index (Phi) is 6.98. The minimum absolute atomic E-state index is 0.104. The Balaban J connectivity index is 2.93. The molecule has 0 aliphatic carbocycles. The first-order valence-corrected chi connectivity index (χ1v) is 15.6. The summed E-state index contributed by atoms with van der Waals surface area (Å²) < 4.78 is 12.1. The number of hydrogen-bond donors (Lipinski definition) is 0. The molecule has 0 aromatic heterocycles. The Morgan fingerprint density at radius 2 is 1.44 bits per heavy atom. The Labute approximate surface area is 168 Å². The molecule has 0 heterocycles. The first-order chi connectivity index (χ1) is 12.0. The number of rotatable bonds is 6. The largest absolute Gasteiger partial charge is 0.544 e. The predicted molar refractivity (Wildman–Crippen MR) is 121 cm³/mol. The van der Waals surface area contributed by atoms with Gasteiger partial charge in [-0.3, -0.25) is 0 Å². The number of esters is 1. The van der Waals surface area contributed by atoms with Gasteiger partial charge in [0.15, 0.2) is 0 Å². The monoisotopic (exact) mass is 406 g/mol. The van der Waals surface area contributed by atoms with Gasteiger partial charge >= 0.3 is 5.97 Å². The average molecular weight is 407 g/mol. The molecule has 0 bridgehead atoms. The summed E-state index contributed by atoms with van der Waals surface area (Å²) in [5, 5.41) is 0.234. The fraction of sp³-hybridized carbons (Fsp3) is 0.591. The molecule has 152 valence electrons. The summed E-state index contributed by atoms with van der Waals surface area (Å²) >= 11 is 0. The fourth-order valence-electron chi connectivity index (χ4n) is 2.21. The molecule has 0 amide bonds. The first-order valence-electron chi connectivity index (χ1n) is 9.65. The van der Waals surface area contributed by atoms with Crippen LogP contribution in [0.2, 0.25) is 36.3 Å². The van der Waals surface area contributed by atoms with Crippen LogP contribution in [0, 0.1) is 0 Å². The Morgan fingerprint density at radius 3 is 1.81 bits per heavy atom. The van der Waals surface area contributed by atoms with Crippen LogP contribution in [0.5, 0.6) is 5.75 Å². The fourth-order valence-corrected chi connectivity index (χ4v) is 5.08.